The van der Waals surface area contributed by atoms with Gasteiger partial charge in [0.15, 0.2) is 0 Å². The van der Waals surface area contributed by atoms with Crippen molar-refractivity contribution in [2.45, 2.75) is 32.5 Å². The third-order valence-electron chi connectivity index (χ3n) is 3.84. The van der Waals surface area contributed by atoms with E-state index in [0.717, 1.165) is 10.9 Å². The van der Waals surface area contributed by atoms with Crippen molar-refractivity contribution in [2.24, 2.45) is 0 Å². The number of benzene rings is 1. The molecule has 3 rings (SSSR count). The highest BCUT2D eigenvalue weighted by Gasteiger charge is 2.34. The van der Waals surface area contributed by atoms with Crippen LogP contribution >= 0.6 is 0 Å². The SMILES string of the molecule is CC1CN(C(=O)c2cc3ccccc3[nH]c2=O)CC(C)(C)O1. The summed E-state index contributed by atoms with van der Waals surface area (Å²) in [7, 11) is 0. The maximum Gasteiger partial charge on any atom is 0.261 e. The van der Waals surface area contributed by atoms with Gasteiger partial charge in [0.25, 0.3) is 11.5 Å². The average Bonchev–Trinajstić information content (AvgIpc) is 2.43. The molecule has 2 aromatic rings. The molecule has 1 unspecified atom stereocenters. The van der Waals surface area contributed by atoms with Crippen LogP contribution in [-0.2, 0) is 4.74 Å². The lowest BCUT2D eigenvalue weighted by atomic mass is 10.0. The van der Waals surface area contributed by atoms with Gasteiger partial charge >= 0.3 is 0 Å². The maximum absolute atomic E-state index is 12.7. The van der Waals surface area contributed by atoms with Gasteiger partial charge in [-0.15, -0.1) is 0 Å². The smallest absolute Gasteiger partial charge is 0.261 e. The van der Waals surface area contributed by atoms with Crippen LogP contribution < -0.4 is 5.56 Å². The fourth-order valence-corrected chi connectivity index (χ4v) is 3.09. The number of para-hydroxylation sites is 1. The van der Waals surface area contributed by atoms with Gasteiger partial charge < -0.3 is 14.6 Å². The summed E-state index contributed by atoms with van der Waals surface area (Å²) in [5.74, 6) is -0.241. The number of carbonyl (C=O) groups excluding carboxylic acids is 1. The second kappa shape index (κ2) is 5.25. The minimum atomic E-state index is -0.406. The Hall–Kier alpha value is -2.14. The number of amides is 1. The fourth-order valence-electron chi connectivity index (χ4n) is 3.09. The van der Waals surface area contributed by atoms with Crippen LogP contribution in [0.2, 0.25) is 0 Å². The van der Waals surface area contributed by atoms with E-state index in [1.807, 2.05) is 45.0 Å². The van der Waals surface area contributed by atoms with E-state index >= 15 is 0 Å². The van der Waals surface area contributed by atoms with Crippen LogP contribution in [0.25, 0.3) is 10.9 Å². The van der Waals surface area contributed by atoms with Crippen LogP contribution in [0.1, 0.15) is 31.1 Å². The van der Waals surface area contributed by atoms with Crippen LogP contribution in [0.3, 0.4) is 0 Å². The minimum Gasteiger partial charge on any atom is -0.369 e. The fraction of sp³-hybridized carbons (Fsp3) is 0.412. The monoisotopic (exact) mass is 300 g/mol. The molecule has 116 valence electrons. The van der Waals surface area contributed by atoms with Crippen LogP contribution in [0, 0.1) is 0 Å². The molecular weight excluding hydrogens is 280 g/mol. The number of carbonyl (C=O) groups is 1. The van der Waals surface area contributed by atoms with Crippen molar-refractivity contribution < 1.29 is 9.53 Å². The third-order valence-corrected chi connectivity index (χ3v) is 3.84. The number of fused-ring (bicyclic) bond motifs is 1. The molecule has 22 heavy (non-hydrogen) atoms. The molecule has 5 nitrogen and oxygen atoms in total. The Morgan fingerprint density at radius 1 is 1.36 bits per heavy atom. The third kappa shape index (κ3) is 2.76. The normalized spacial score (nSPS) is 21.0. The van der Waals surface area contributed by atoms with Crippen molar-refractivity contribution in [3.63, 3.8) is 0 Å². The number of pyridine rings is 1. The zero-order valence-electron chi connectivity index (χ0n) is 13.1. The number of hydrogen-bond acceptors (Lipinski definition) is 3. The molecule has 1 amide bonds. The predicted molar refractivity (Wildman–Crippen MR) is 85.1 cm³/mol. The van der Waals surface area contributed by atoms with Gasteiger partial charge in [-0.1, -0.05) is 18.2 Å². The van der Waals surface area contributed by atoms with Crippen LogP contribution in [-0.4, -0.2) is 40.6 Å². The molecule has 0 saturated carbocycles. The van der Waals surface area contributed by atoms with Gasteiger partial charge in [0.2, 0.25) is 0 Å². The molecule has 0 spiro atoms. The van der Waals surface area contributed by atoms with Crippen LogP contribution in [0.15, 0.2) is 35.1 Å². The Morgan fingerprint density at radius 2 is 2.09 bits per heavy atom. The van der Waals surface area contributed by atoms with Crippen molar-refractivity contribution in [1.82, 2.24) is 9.88 Å². The minimum absolute atomic E-state index is 0.0489. The largest absolute Gasteiger partial charge is 0.369 e. The van der Waals surface area contributed by atoms with Gasteiger partial charge in [0.05, 0.1) is 11.7 Å². The Morgan fingerprint density at radius 3 is 2.82 bits per heavy atom. The Labute approximate surface area is 128 Å². The number of morpholine rings is 1. The number of ether oxygens (including phenoxy) is 1. The van der Waals surface area contributed by atoms with Gasteiger partial charge in [0, 0.05) is 18.6 Å². The number of aromatic amines is 1. The second-order valence-corrected chi connectivity index (χ2v) is 6.47. The zero-order chi connectivity index (χ0) is 15.9. The number of rotatable bonds is 1. The summed E-state index contributed by atoms with van der Waals surface area (Å²) in [6.07, 6.45) is -0.0489. The standard InChI is InChI=1S/C17H20N2O3/c1-11-9-19(10-17(2,3)22-11)16(21)13-8-12-6-4-5-7-14(12)18-15(13)20/h4-8,11H,9-10H2,1-3H3,(H,18,20). The van der Waals surface area contributed by atoms with E-state index in [9.17, 15) is 9.59 Å². The molecule has 5 heteroatoms. The number of nitrogens with one attached hydrogen (secondary N) is 1. The summed E-state index contributed by atoms with van der Waals surface area (Å²) in [6, 6.07) is 9.11. The van der Waals surface area contributed by atoms with E-state index in [1.54, 1.807) is 11.0 Å². The van der Waals surface area contributed by atoms with E-state index in [4.69, 9.17) is 4.74 Å². The number of H-pyrrole nitrogens is 1. The number of hydrogen-bond donors (Lipinski definition) is 1. The Balaban J connectivity index is 1.98. The average molecular weight is 300 g/mol. The molecule has 1 N–H and O–H groups in total. The van der Waals surface area contributed by atoms with Gasteiger partial charge in [-0.25, -0.2) is 0 Å². The zero-order valence-corrected chi connectivity index (χ0v) is 13.1. The molecule has 2 heterocycles. The summed E-state index contributed by atoms with van der Waals surface area (Å²) in [6.45, 7) is 6.81. The molecule has 1 aromatic heterocycles. The first-order valence-corrected chi connectivity index (χ1v) is 7.45. The lowest BCUT2D eigenvalue weighted by Gasteiger charge is -2.41. The van der Waals surface area contributed by atoms with Gasteiger partial charge in [0.1, 0.15) is 5.56 Å². The lowest BCUT2D eigenvalue weighted by molar-refractivity contribution is -0.118. The lowest BCUT2D eigenvalue weighted by Crippen LogP contribution is -2.54. The highest BCUT2D eigenvalue weighted by molar-refractivity contribution is 5.97. The van der Waals surface area contributed by atoms with E-state index in [0.29, 0.717) is 13.1 Å². The van der Waals surface area contributed by atoms with E-state index in [-0.39, 0.29) is 23.1 Å². The molecule has 1 saturated heterocycles. The van der Waals surface area contributed by atoms with Crippen LogP contribution in [0.4, 0.5) is 0 Å². The summed E-state index contributed by atoms with van der Waals surface area (Å²) in [5, 5.41) is 0.853. The topological polar surface area (TPSA) is 62.4 Å². The summed E-state index contributed by atoms with van der Waals surface area (Å²) in [5.41, 5.74) is 0.167. The van der Waals surface area contributed by atoms with E-state index in [2.05, 4.69) is 4.98 Å². The molecule has 1 fully saturated rings. The van der Waals surface area contributed by atoms with Crippen molar-refractivity contribution in [1.29, 1.82) is 0 Å². The van der Waals surface area contributed by atoms with Gasteiger partial charge in [-0.2, -0.15) is 0 Å². The first-order chi connectivity index (χ1) is 10.4. The van der Waals surface area contributed by atoms with Crippen molar-refractivity contribution in [3.05, 3.63) is 46.2 Å². The summed E-state index contributed by atoms with van der Waals surface area (Å²) in [4.78, 5) is 29.5. The summed E-state index contributed by atoms with van der Waals surface area (Å²) < 4.78 is 5.81. The highest BCUT2D eigenvalue weighted by Crippen LogP contribution is 2.22. The molecule has 1 aromatic carbocycles. The van der Waals surface area contributed by atoms with Crippen LogP contribution in [0.5, 0.6) is 0 Å². The number of nitrogens with zero attached hydrogens (tertiary/aromatic N) is 1. The maximum atomic E-state index is 12.7. The van der Waals surface area contributed by atoms with Gasteiger partial charge in [-0.05, 0) is 38.3 Å². The van der Waals surface area contributed by atoms with Crippen molar-refractivity contribution in [2.75, 3.05) is 13.1 Å². The molecular formula is C17H20N2O3. The Kier molecular flexibility index (Phi) is 3.53. The quantitative estimate of drug-likeness (QED) is 0.878. The number of aromatic nitrogens is 1. The first-order valence-electron chi connectivity index (χ1n) is 7.45. The highest BCUT2D eigenvalue weighted by atomic mass is 16.5. The van der Waals surface area contributed by atoms with E-state index < -0.39 is 5.60 Å². The summed E-state index contributed by atoms with van der Waals surface area (Å²) >= 11 is 0. The first kappa shape index (κ1) is 14.8. The molecule has 1 aliphatic heterocycles. The van der Waals surface area contributed by atoms with Crippen molar-refractivity contribution in [3.8, 4) is 0 Å². The molecule has 1 aliphatic rings. The second-order valence-electron chi connectivity index (χ2n) is 6.47. The molecule has 0 bridgehead atoms. The molecule has 0 radical (unpaired) electrons. The van der Waals surface area contributed by atoms with Gasteiger partial charge in [-0.3, -0.25) is 9.59 Å². The predicted octanol–water partition coefficient (Wildman–Crippen LogP) is 2.17. The molecule has 0 aliphatic carbocycles. The Bertz CT molecular complexity index is 779. The van der Waals surface area contributed by atoms with E-state index in [1.165, 1.54) is 0 Å². The molecule has 1 atom stereocenters. The van der Waals surface area contributed by atoms with Crippen molar-refractivity contribution >= 4 is 16.8 Å².